The average molecular weight is 191 g/mol. The topological polar surface area (TPSA) is 32.9 Å². The van der Waals surface area contributed by atoms with E-state index >= 15 is 0 Å². The Kier molecular flexibility index (Phi) is 2.71. The minimum absolute atomic E-state index is 0.0468. The monoisotopic (exact) mass is 191 g/mol. The molecule has 76 valence electrons. The van der Waals surface area contributed by atoms with Gasteiger partial charge in [-0.1, -0.05) is 19.3 Å². The van der Waals surface area contributed by atoms with E-state index in [1.54, 1.807) is 6.07 Å². The number of hydrogen-bond acceptors (Lipinski definition) is 1. The summed E-state index contributed by atoms with van der Waals surface area (Å²) in [7, 11) is 0. The van der Waals surface area contributed by atoms with Crippen molar-refractivity contribution in [1.29, 1.82) is 0 Å². The molecular weight excluding hydrogens is 174 g/mol. The number of aryl methyl sites for hydroxylation is 1. The first-order valence-corrected chi connectivity index (χ1v) is 5.46. The third kappa shape index (κ3) is 2.06. The molecule has 1 heterocycles. The lowest BCUT2D eigenvalue weighted by atomic mass is 9.86. The van der Waals surface area contributed by atoms with Crippen molar-refractivity contribution >= 4 is 0 Å². The summed E-state index contributed by atoms with van der Waals surface area (Å²) in [5, 5.41) is 0. The highest BCUT2D eigenvalue weighted by atomic mass is 16.1. The lowest BCUT2D eigenvalue weighted by Gasteiger charge is -2.21. The fourth-order valence-corrected chi connectivity index (χ4v) is 2.34. The molecule has 2 rings (SSSR count). The average Bonchev–Trinajstić information content (AvgIpc) is 2.18. The first kappa shape index (κ1) is 9.50. The number of rotatable bonds is 1. The summed E-state index contributed by atoms with van der Waals surface area (Å²) in [4.78, 5) is 14.3. The minimum Gasteiger partial charge on any atom is -0.326 e. The van der Waals surface area contributed by atoms with Crippen LogP contribution in [0.25, 0.3) is 0 Å². The van der Waals surface area contributed by atoms with Crippen molar-refractivity contribution in [3.05, 3.63) is 33.7 Å². The van der Waals surface area contributed by atoms with Gasteiger partial charge in [0.25, 0.3) is 0 Å². The van der Waals surface area contributed by atoms with Gasteiger partial charge in [0.05, 0.1) is 0 Å². The molecule has 0 unspecified atom stereocenters. The fourth-order valence-electron chi connectivity index (χ4n) is 2.34. The molecule has 1 saturated carbocycles. The summed E-state index contributed by atoms with van der Waals surface area (Å²) in [5.74, 6) is 0.594. The van der Waals surface area contributed by atoms with Crippen LogP contribution >= 0.6 is 0 Å². The summed E-state index contributed by atoms with van der Waals surface area (Å²) in [5.41, 5.74) is 2.27. The van der Waals surface area contributed by atoms with Gasteiger partial charge in [0, 0.05) is 11.8 Å². The Hall–Kier alpha value is -1.05. The van der Waals surface area contributed by atoms with Gasteiger partial charge < -0.3 is 4.98 Å². The standard InChI is InChI=1S/C12H17NO/c1-9-7-11(13-12(14)8-9)10-5-3-2-4-6-10/h7-8,10H,2-6H2,1H3,(H,13,14). The predicted octanol–water partition coefficient (Wildman–Crippen LogP) is 2.73. The van der Waals surface area contributed by atoms with Crippen LogP contribution in [-0.4, -0.2) is 4.98 Å². The molecule has 0 atom stereocenters. The van der Waals surface area contributed by atoms with Gasteiger partial charge in [-0.25, -0.2) is 0 Å². The zero-order valence-electron chi connectivity index (χ0n) is 8.68. The van der Waals surface area contributed by atoms with Crippen LogP contribution in [0.1, 0.15) is 49.3 Å². The highest BCUT2D eigenvalue weighted by Crippen LogP contribution is 2.31. The highest BCUT2D eigenvalue weighted by molar-refractivity contribution is 5.18. The number of H-pyrrole nitrogens is 1. The molecule has 1 aliphatic rings. The van der Waals surface area contributed by atoms with Crippen molar-refractivity contribution in [2.24, 2.45) is 0 Å². The van der Waals surface area contributed by atoms with E-state index in [4.69, 9.17) is 0 Å². The molecular formula is C12H17NO. The summed E-state index contributed by atoms with van der Waals surface area (Å²) in [6.07, 6.45) is 6.44. The molecule has 1 fully saturated rings. The van der Waals surface area contributed by atoms with Gasteiger partial charge in [0.1, 0.15) is 0 Å². The van der Waals surface area contributed by atoms with Gasteiger partial charge in [0.2, 0.25) is 5.56 Å². The van der Waals surface area contributed by atoms with Crippen LogP contribution in [0.5, 0.6) is 0 Å². The van der Waals surface area contributed by atoms with E-state index in [-0.39, 0.29) is 5.56 Å². The third-order valence-electron chi connectivity index (χ3n) is 3.05. The Balaban J connectivity index is 2.26. The van der Waals surface area contributed by atoms with E-state index in [0.29, 0.717) is 5.92 Å². The molecule has 1 aromatic heterocycles. The number of hydrogen-bond donors (Lipinski definition) is 1. The van der Waals surface area contributed by atoms with Crippen molar-refractivity contribution < 1.29 is 0 Å². The summed E-state index contributed by atoms with van der Waals surface area (Å²) in [6.45, 7) is 1.99. The Morgan fingerprint density at radius 2 is 1.93 bits per heavy atom. The molecule has 2 nitrogen and oxygen atoms in total. The molecule has 0 radical (unpaired) electrons. The van der Waals surface area contributed by atoms with Gasteiger partial charge in [-0.05, 0) is 37.3 Å². The van der Waals surface area contributed by atoms with E-state index in [2.05, 4.69) is 11.1 Å². The van der Waals surface area contributed by atoms with E-state index < -0.39 is 0 Å². The second kappa shape index (κ2) is 3.99. The molecule has 0 saturated heterocycles. The van der Waals surface area contributed by atoms with Crippen LogP contribution in [0.2, 0.25) is 0 Å². The van der Waals surface area contributed by atoms with E-state index in [9.17, 15) is 4.79 Å². The number of aromatic nitrogens is 1. The van der Waals surface area contributed by atoms with Gasteiger partial charge in [0.15, 0.2) is 0 Å². The quantitative estimate of drug-likeness (QED) is 0.727. The summed E-state index contributed by atoms with van der Waals surface area (Å²) >= 11 is 0. The normalized spacial score (nSPS) is 18.4. The zero-order chi connectivity index (χ0) is 9.97. The lowest BCUT2D eigenvalue weighted by Crippen LogP contribution is -2.13. The van der Waals surface area contributed by atoms with Gasteiger partial charge in [-0.3, -0.25) is 4.79 Å². The smallest absolute Gasteiger partial charge is 0.248 e. The van der Waals surface area contributed by atoms with Crippen LogP contribution < -0.4 is 5.56 Å². The Morgan fingerprint density at radius 3 is 2.57 bits per heavy atom. The largest absolute Gasteiger partial charge is 0.326 e. The summed E-state index contributed by atoms with van der Waals surface area (Å²) < 4.78 is 0. The SMILES string of the molecule is Cc1cc(C2CCCCC2)[nH]c(=O)c1. The zero-order valence-corrected chi connectivity index (χ0v) is 8.68. The fraction of sp³-hybridized carbons (Fsp3) is 0.583. The summed E-state index contributed by atoms with van der Waals surface area (Å²) in [6, 6.07) is 3.78. The lowest BCUT2D eigenvalue weighted by molar-refractivity contribution is 0.436. The molecule has 0 spiro atoms. The molecule has 14 heavy (non-hydrogen) atoms. The van der Waals surface area contributed by atoms with Crippen LogP contribution in [0.15, 0.2) is 16.9 Å². The molecule has 0 amide bonds. The maximum Gasteiger partial charge on any atom is 0.248 e. The van der Waals surface area contributed by atoms with Crippen LogP contribution in [0, 0.1) is 6.92 Å². The molecule has 1 aliphatic carbocycles. The van der Waals surface area contributed by atoms with Crippen LogP contribution in [0.3, 0.4) is 0 Å². The Bertz CT molecular complexity index is 361. The number of aromatic amines is 1. The molecule has 0 aromatic carbocycles. The molecule has 1 aromatic rings. The Morgan fingerprint density at radius 1 is 1.21 bits per heavy atom. The van der Waals surface area contributed by atoms with E-state index in [1.165, 1.54) is 32.1 Å². The van der Waals surface area contributed by atoms with Gasteiger partial charge in [-0.2, -0.15) is 0 Å². The third-order valence-corrected chi connectivity index (χ3v) is 3.05. The second-order valence-corrected chi connectivity index (χ2v) is 4.31. The van der Waals surface area contributed by atoms with Crippen molar-refractivity contribution in [1.82, 2.24) is 4.98 Å². The predicted molar refractivity (Wildman–Crippen MR) is 57.6 cm³/mol. The van der Waals surface area contributed by atoms with Crippen LogP contribution in [-0.2, 0) is 0 Å². The Labute approximate surface area is 84.4 Å². The first-order chi connectivity index (χ1) is 6.75. The van der Waals surface area contributed by atoms with Crippen molar-refractivity contribution in [2.75, 3.05) is 0 Å². The number of nitrogens with one attached hydrogen (secondary N) is 1. The maximum absolute atomic E-state index is 11.3. The molecule has 1 N–H and O–H groups in total. The van der Waals surface area contributed by atoms with E-state index in [0.717, 1.165) is 11.3 Å². The molecule has 0 aliphatic heterocycles. The van der Waals surface area contributed by atoms with E-state index in [1.807, 2.05) is 6.92 Å². The minimum atomic E-state index is 0.0468. The molecule has 0 bridgehead atoms. The second-order valence-electron chi connectivity index (χ2n) is 4.31. The molecule has 2 heteroatoms. The number of pyridine rings is 1. The van der Waals surface area contributed by atoms with Crippen molar-refractivity contribution in [2.45, 2.75) is 44.9 Å². The maximum atomic E-state index is 11.3. The van der Waals surface area contributed by atoms with Gasteiger partial charge >= 0.3 is 0 Å². The van der Waals surface area contributed by atoms with Crippen molar-refractivity contribution in [3.63, 3.8) is 0 Å². The van der Waals surface area contributed by atoms with Crippen molar-refractivity contribution in [3.8, 4) is 0 Å². The van der Waals surface area contributed by atoms with Gasteiger partial charge in [-0.15, -0.1) is 0 Å². The first-order valence-electron chi connectivity index (χ1n) is 5.46. The van der Waals surface area contributed by atoms with Crippen LogP contribution in [0.4, 0.5) is 0 Å². The highest BCUT2D eigenvalue weighted by Gasteiger charge is 2.16.